The number of amides is 1. The van der Waals surface area contributed by atoms with Crippen LogP contribution in [0.15, 0.2) is 47.4 Å². The number of halogens is 1. The highest BCUT2D eigenvalue weighted by atomic mass is 35.5. The van der Waals surface area contributed by atoms with Crippen molar-refractivity contribution in [1.29, 1.82) is 0 Å². The molecule has 0 aliphatic carbocycles. The van der Waals surface area contributed by atoms with E-state index in [0.29, 0.717) is 12.3 Å². The van der Waals surface area contributed by atoms with E-state index >= 15 is 0 Å². The summed E-state index contributed by atoms with van der Waals surface area (Å²) >= 11 is 7.86. The molecule has 128 valence electrons. The Labute approximate surface area is 152 Å². The van der Waals surface area contributed by atoms with E-state index in [1.54, 1.807) is 18.7 Å². The van der Waals surface area contributed by atoms with Gasteiger partial charge in [-0.1, -0.05) is 29.8 Å². The lowest BCUT2D eigenvalue weighted by atomic mass is 10.1. The first-order chi connectivity index (χ1) is 11.5. The minimum Gasteiger partial charge on any atom is -0.481 e. The second-order valence-electron chi connectivity index (χ2n) is 5.58. The van der Waals surface area contributed by atoms with Crippen LogP contribution in [-0.2, 0) is 4.79 Å². The van der Waals surface area contributed by atoms with E-state index < -0.39 is 6.10 Å². The Morgan fingerprint density at radius 3 is 2.46 bits per heavy atom. The van der Waals surface area contributed by atoms with E-state index in [2.05, 4.69) is 17.4 Å². The van der Waals surface area contributed by atoms with Gasteiger partial charge in [-0.3, -0.25) is 4.79 Å². The highest BCUT2D eigenvalue weighted by molar-refractivity contribution is 7.99. The van der Waals surface area contributed by atoms with Gasteiger partial charge in [0.1, 0.15) is 5.75 Å². The summed E-state index contributed by atoms with van der Waals surface area (Å²) in [6.07, 6.45) is -0.549. The van der Waals surface area contributed by atoms with Crippen molar-refractivity contribution in [1.82, 2.24) is 5.32 Å². The van der Waals surface area contributed by atoms with E-state index in [0.717, 1.165) is 21.9 Å². The van der Waals surface area contributed by atoms with Crippen molar-refractivity contribution in [2.75, 3.05) is 12.3 Å². The standard InChI is InChI=1S/C19H22ClNO2S/c1-13-11-16(12-14(2)18(13)20)23-15(3)19(22)21-9-10-24-17-7-5-4-6-8-17/h4-8,11-12,15H,9-10H2,1-3H3,(H,21,22). The predicted octanol–water partition coefficient (Wildman–Crippen LogP) is 4.63. The normalized spacial score (nSPS) is 11.8. The van der Waals surface area contributed by atoms with Crippen molar-refractivity contribution in [2.24, 2.45) is 0 Å². The van der Waals surface area contributed by atoms with Gasteiger partial charge in [-0.2, -0.15) is 0 Å². The molecule has 24 heavy (non-hydrogen) atoms. The number of carbonyl (C=O) groups excluding carboxylic acids is 1. The molecule has 0 aliphatic rings. The lowest BCUT2D eigenvalue weighted by Gasteiger charge is -2.16. The molecular weight excluding hydrogens is 342 g/mol. The molecule has 0 saturated carbocycles. The fourth-order valence-corrected chi connectivity index (χ4v) is 3.13. The van der Waals surface area contributed by atoms with E-state index in [1.165, 1.54) is 4.90 Å². The van der Waals surface area contributed by atoms with Gasteiger partial charge in [0.2, 0.25) is 0 Å². The van der Waals surface area contributed by atoms with Crippen LogP contribution >= 0.6 is 23.4 Å². The van der Waals surface area contributed by atoms with Crippen LogP contribution in [0, 0.1) is 13.8 Å². The van der Waals surface area contributed by atoms with Crippen LogP contribution in [0.1, 0.15) is 18.1 Å². The third-order valence-corrected chi connectivity index (χ3v) is 5.12. The molecule has 3 nitrogen and oxygen atoms in total. The molecule has 0 saturated heterocycles. The Kier molecular flexibility index (Phi) is 7.00. The van der Waals surface area contributed by atoms with Gasteiger partial charge < -0.3 is 10.1 Å². The Morgan fingerprint density at radius 1 is 1.21 bits per heavy atom. The monoisotopic (exact) mass is 363 g/mol. The predicted molar refractivity (Wildman–Crippen MR) is 101 cm³/mol. The molecule has 0 heterocycles. The summed E-state index contributed by atoms with van der Waals surface area (Å²) in [5.41, 5.74) is 1.89. The fourth-order valence-electron chi connectivity index (χ4n) is 2.24. The zero-order valence-electron chi connectivity index (χ0n) is 14.1. The number of nitrogens with one attached hydrogen (secondary N) is 1. The smallest absolute Gasteiger partial charge is 0.260 e. The van der Waals surface area contributed by atoms with Gasteiger partial charge in [0.15, 0.2) is 6.10 Å². The van der Waals surface area contributed by atoms with Crippen LogP contribution in [0.4, 0.5) is 0 Å². The molecule has 1 unspecified atom stereocenters. The van der Waals surface area contributed by atoms with Gasteiger partial charge in [0, 0.05) is 22.2 Å². The van der Waals surface area contributed by atoms with Gasteiger partial charge in [0.25, 0.3) is 5.91 Å². The molecule has 1 atom stereocenters. The summed E-state index contributed by atoms with van der Waals surface area (Å²) in [4.78, 5) is 13.3. The van der Waals surface area contributed by atoms with Crippen LogP contribution in [0.5, 0.6) is 5.75 Å². The van der Waals surface area contributed by atoms with Crippen LogP contribution in [0.2, 0.25) is 5.02 Å². The van der Waals surface area contributed by atoms with E-state index in [-0.39, 0.29) is 5.91 Å². The molecule has 2 rings (SSSR count). The number of hydrogen-bond acceptors (Lipinski definition) is 3. The third kappa shape index (κ3) is 5.46. The number of benzene rings is 2. The van der Waals surface area contributed by atoms with Crippen LogP contribution < -0.4 is 10.1 Å². The Hall–Kier alpha value is -1.65. The van der Waals surface area contributed by atoms with E-state index in [4.69, 9.17) is 16.3 Å². The summed E-state index contributed by atoms with van der Waals surface area (Å²) in [7, 11) is 0. The third-order valence-electron chi connectivity index (χ3n) is 3.51. The number of ether oxygens (including phenoxy) is 1. The van der Waals surface area contributed by atoms with E-state index in [9.17, 15) is 4.79 Å². The largest absolute Gasteiger partial charge is 0.481 e. The zero-order chi connectivity index (χ0) is 17.5. The van der Waals surface area contributed by atoms with Crippen LogP contribution in [0.25, 0.3) is 0 Å². The Bertz CT molecular complexity index is 668. The second-order valence-corrected chi connectivity index (χ2v) is 7.13. The topological polar surface area (TPSA) is 38.3 Å². The number of aryl methyl sites for hydroxylation is 2. The van der Waals surface area contributed by atoms with Gasteiger partial charge in [-0.05, 0) is 56.2 Å². The number of carbonyl (C=O) groups is 1. The maximum Gasteiger partial charge on any atom is 0.260 e. The summed E-state index contributed by atoms with van der Waals surface area (Å²) in [5.74, 6) is 1.37. The molecular formula is C19H22ClNO2S. The Morgan fingerprint density at radius 2 is 1.83 bits per heavy atom. The van der Waals surface area contributed by atoms with Gasteiger partial charge in [-0.15, -0.1) is 11.8 Å². The Balaban J connectivity index is 1.78. The minimum absolute atomic E-state index is 0.117. The highest BCUT2D eigenvalue weighted by Crippen LogP contribution is 2.26. The highest BCUT2D eigenvalue weighted by Gasteiger charge is 2.15. The van der Waals surface area contributed by atoms with Crippen molar-refractivity contribution >= 4 is 29.3 Å². The fraction of sp³-hybridized carbons (Fsp3) is 0.316. The second kappa shape index (κ2) is 9.00. The van der Waals surface area contributed by atoms with Crippen molar-refractivity contribution in [3.63, 3.8) is 0 Å². The van der Waals surface area contributed by atoms with Crippen molar-refractivity contribution < 1.29 is 9.53 Å². The maximum atomic E-state index is 12.1. The van der Waals surface area contributed by atoms with Crippen LogP contribution in [-0.4, -0.2) is 24.3 Å². The number of hydrogen-bond donors (Lipinski definition) is 1. The molecule has 0 spiro atoms. The van der Waals surface area contributed by atoms with E-state index in [1.807, 2.05) is 44.2 Å². The zero-order valence-corrected chi connectivity index (χ0v) is 15.7. The van der Waals surface area contributed by atoms with Gasteiger partial charge >= 0.3 is 0 Å². The SMILES string of the molecule is Cc1cc(OC(C)C(=O)NCCSc2ccccc2)cc(C)c1Cl. The molecule has 2 aromatic rings. The number of rotatable bonds is 7. The average molecular weight is 364 g/mol. The first-order valence-corrected chi connectivity index (χ1v) is 9.22. The molecule has 0 fully saturated rings. The maximum absolute atomic E-state index is 12.1. The summed E-state index contributed by atoms with van der Waals surface area (Å²) < 4.78 is 5.73. The molecule has 0 radical (unpaired) electrons. The molecule has 0 aliphatic heterocycles. The molecule has 1 N–H and O–H groups in total. The van der Waals surface area contributed by atoms with Crippen molar-refractivity contribution in [3.05, 3.63) is 58.6 Å². The molecule has 1 amide bonds. The minimum atomic E-state index is -0.549. The molecule has 5 heteroatoms. The van der Waals surface area contributed by atoms with Crippen LogP contribution in [0.3, 0.4) is 0 Å². The van der Waals surface area contributed by atoms with Gasteiger partial charge in [0.05, 0.1) is 0 Å². The van der Waals surface area contributed by atoms with Gasteiger partial charge in [-0.25, -0.2) is 0 Å². The number of thioether (sulfide) groups is 1. The first kappa shape index (κ1) is 18.7. The lowest BCUT2D eigenvalue weighted by molar-refractivity contribution is -0.127. The first-order valence-electron chi connectivity index (χ1n) is 7.86. The molecule has 2 aromatic carbocycles. The summed E-state index contributed by atoms with van der Waals surface area (Å²) in [6.45, 7) is 6.20. The average Bonchev–Trinajstić information content (AvgIpc) is 2.57. The molecule has 0 aromatic heterocycles. The quantitative estimate of drug-likeness (QED) is 0.575. The van der Waals surface area contributed by atoms with Crippen molar-refractivity contribution in [2.45, 2.75) is 31.8 Å². The summed E-state index contributed by atoms with van der Waals surface area (Å²) in [6, 6.07) is 13.8. The molecule has 0 bridgehead atoms. The van der Waals surface area contributed by atoms with Crippen molar-refractivity contribution in [3.8, 4) is 5.75 Å². The summed E-state index contributed by atoms with van der Waals surface area (Å²) in [5, 5.41) is 3.64. The lowest BCUT2D eigenvalue weighted by Crippen LogP contribution is -2.37.